The molecule has 0 aromatic heterocycles. The Labute approximate surface area is 168 Å². The first-order chi connectivity index (χ1) is 12.9. The molecule has 27 heavy (non-hydrogen) atoms. The number of rotatable bonds is 8. The number of thiocarbonyl (C=S) groups is 1. The zero-order valence-electron chi connectivity index (χ0n) is 15.8. The minimum atomic E-state index is -0.761. The maximum absolute atomic E-state index is 12.7. The van der Waals surface area contributed by atoms with E-state index in [0.717, 1.165) is 17.3 Å². The third-order valence-corrected chi connectivity index (χ3v) is 5.03. The lowest BCUT2D eigenvalue weighted by Crippen LogP contribution is -2.42. The number of nitrogens with zero attached hydrogens (tertiary/aromatic N) is 1. The quantitative estimate of drug-likeness (QED) is 0.369. The van der Waals surface area contributed by atoms with Gasteiger partial charge in [0.15, 0.2) is 11.5 Å². The van der Waals surface area contributed by atoms with Crippen LogP contribution in [0.25, 0.3) is 6.08 Å². The van der Waals surface area contributed by atoms with E-state index in [9.17, 15) is 9.59 Å². The molecule has 6 nitrogen and oxygen atoms in total. The van der Waals surface area contributed by atoms with Crippen LogP contribution in [-0.2, 0) is 14.3 Å². The predicted octanol–water partition coefficient (Wildman–Crippen LogP) is 3.64. The second-order valence-electron chi connectivity index (χ2n) is 5.55. The molecule has 1 aliphatic heterocycles. The van der Waals surface area contributed by atoms with E-state index < -0.39 is 12.0 Å². The Morgan fingerprint density at radius 3 is 2.48 bits per heavy atom. The molecule has 1 unspecified atom stereocenters. The summed E-state index contributed by atoms with van der Waals surface area (Å²) in [5.41, 5.74) is 0.784. The number of ether oxygens (including phenoxy) is 3. The number of carbonyl (C=O) groups is 2. The summed E-state index contributed by atoms with van der Waals surface area (Å²) in [7, 11) is 0. The molecule has 0 radical (unpaired) electrons. The van der Waals surface area contributed by atoms with Crippen molar-refractivity contribution < 1.29 is 23.8 Å². The molecule has 1 heterocycles. The van der Waals surface area contributed by atoms with Gasteiger partial charge in [0.25, 0.3) is 5.91 Å². The molecule has 1 fully saturated rings. The molecule has 1 aromatic carbocycles. The van der Waals surface area contributed by atoms with Crippen LogP contribution in [0.4, 0.5) is 0 Å². The minimum Gasteiger partial charge on any atom is -0.490 e. The molecule has 1 amide bonds. The monoisotopic (exact) mass is 409 g/mol. The second-order valence-corrected chi connectivity index (χ2v) is 7.23. The highest BCUT2D eigenvalue weighted by Gasteiger charge is 2.38. The van der Waals surface area contributed by atoms with Crippen LogP contribution >= 0.6 is 24.0 Å². The van der Waals surface area contributed by atoms with E-state index >= 15 is 0 Å². The number of hydrogen-bond acceptors (Lipinski definition) is 7. The van der Waals surface area contributed by atoms with Crippen molar-refractivity contribution >= 4 is 46.3 Å². The van der Waals surface area contributed by atoms with Crippen LogP contribution < -0.4 is 9.47 Å². The van der Waals surface area contributed by atoms with Crippen LogP contribution in [0.2, 0.25) is 0 Å². The van der Waals surface area contributed by atoms with Gasteiger partial charge in [0.1, 0.15) is 10.4 Å². The van der Waals surface area contributed by atoms with Gasteiger partial charge in [0.2, 0.25) is 0 Å². The van der Waals surface area contributed by atoms with Gasteiger partial charge in [-0.25, -0.2) is 4.79 Å². The Bertz CT molecular complexity index is 762. The molecule has 1 aromatic rings. The first kappa shape index (κ1) is 21.2. The van der Waals surface area contributed by atoms with Crippen molar-refractivity contribution in [1.29, 1.82) is 0 Å². The van der Waals surface area contributed by atoms with Crippen LogP contribution in [0, 0.1) is 0 Å². The molecule has 2 rings (SSSR count). The van der Waals surface area contributed by atoms with E-state index in [4.69, 9.17) is 26.4 Å². The van der Waals surface area contributed by atoms with Crippen LogP contribution in [-0.4, -0.2) is 47.0 Å². The summed E-state index contributed by atoms with van der Waals surface area (Å²) >= 11 is 6.45. The van der Waals surface area contributed by atoms with Crippen molar-refractivity contribution in [3.63, 3.8) is 0 Å². The third kappa shape index (κ3) is 5.01. The molecule has 0 spiro atoms. The summed E-state index contributed by atoms with van der Waals surface area (Å²) in [6.45, 7) is 8.41. The maximum atomic E-state index is 12.7. The van der Waals surface area contributed by atoms with Crippen LogP contribution in [0.3, 0.4) is 0 Å². The van der Waals surface area contributed by atoms with Crippen molar-refractivity contribution in [3.05, 3.63) is 28.7 Å². The van der Waals surface area contributed by atoms with E-state index in [1.165, 1.54) is 4.90 Å². The molecular formula is C19H23NO5S2. The predicted molar refractivity (Wildman–Crippen MR) is 110 cm³/mol. The van der Waals surface area contributed by atoms with E-state index in [1.54, 1.807) is 19.9 Å². The Morgan fingerprint density at radius 1 is 1.19 bits per heavy atom. The van der Waals surface area contributed by atoms with Crippen molar-refractivity contribution in [2.24, 2.45) is 0 Å². The molecule has 1 atom stereocenters. The fraction of sp³-hybridized carbons (Fsp3) is 0.421. The highest BCUT2D eigenvalue weighted by atomic mass is 32.2. The van der Waals surface area contributed by atoms with Gasteiger partial charge in [0, 0.05) is 0 Å². The Morgan fingerprint density at radius 2 is 1.85 bits per heavy atom. The SMILES string of the molecule is CCOC(=O)C(C)N1C(=O)/C(=C/c2ccc(OCC)c(OCC)c2)SC1=S. The summed E-state index contributed by atoms with van der Waals surface area (Å²) in [6, 6.07) is 4.70. The lowest BCUT2D eigenvalue weighted by molar-refractivity contribution is -0.149. The summed E-state index contributed by atoms with van der Waals surface area (Å²) in [5, 5.41) is 0. The number of thioether (sulfide) groups is 1. The molecule has 0 bridgehead atoms. The van der Waals surface area contributed by atoms with Gasteiger partial charge in [-0.15, -0.1) is 0 Å². The number of carbonyl (C=O) groups excluding carboxylic acids is 2. The highest BCUT2D eigenvalue weighted by Crippen LogP contribution is 2.36. The topological polar surface area (TPSA) is 65.1 Å². The summed E-state index contributed by atoms with van der Waals surface area (Å²) < 4.78 is 16.5. The fourth-order valence-corrected chi connectivity index (χ4v) is 3.91. The third-order valence-electron chi connectivity index (χ3n) is 3.70. The van der Waals surface area contributed by atoms with Gasteiger partial charge >= 0.3 is 5.97 Å². The molecule has 146 valence electrons. The lowest BCUT2D eigenvalue weighted by atomic mass is 10.1. The molecule has 1 saturated heterocycles. The smallest absolute Gasteiger partial charge is 0.329 e. The maximum Gasteiger partial charge on any atom is 0.329 e. The molecule has 0 aliphatic carbocycles. The fourth-order valence-electron chi connectivity index (χ4n) is 2.49. The van der Waals surface area contributed by atoms with Crippen molar-refractivity contribution in [2.45, 2.75) is 33.7 Å². The van der Waals surface area contributed by atoms with Crippen molar-refractivity contribution in [2.75, 3.05) is 19.8 Å². The average Bonchev–Trinajstić information content (AvgIpc) is 2.90. The van der Waals surface area contributed by atoms with Gasteiger partial charge in [-0.3, -0.25) is 9.69 Å². The van der Waals surface area contributed by atoms with Gasteiger partial charge in [-0.2, -0.15) is 0 Å². The summed E-state index contributed by atoms with van der Waals surface area (Å²) in [4.78, 5) is 26.4. The van der Waals surface area contributed by atoms with Crippen LogP contribution in [0.5, 0.6) is 11.5 Å². The van der Waals surface area contributed by atoms with Gasteiger partial charge in [-0.05, 0) is 51.5 Å². The second kappa shape index (κ2) is 9.75. The normalized spacial score (nSPS) is 16.6. The number of hydrogen-bond donors (Lipinski definition) is 0. The molecule has 1 aliphatic rings. The lowest BCUT2D eigenvalue weighted by Gasteiger charge is -2.21. The van der Waals surface area contributed by atoms with Crippen molar-refractivity contribution in [1.82, 2.24) is 4.90 Å². The zero-order valence-corrected chi connectivity index (χ0v) is 17.4. The first-order valence-electron chi connectivity index (χ1n) is 8.76. The first-order valence-corrected chi connectivity index (χ1v) is 9.98. The van der Waals surface area contributed by atoms with E-state index in [2.05, 4.69) is 0 Å². The van der Waals surface area contributed by atoms with E-state index in [0.29, 0.717) is 33.9 Å². The molecule has 0 saturated carbocycles. The van der Waals surface area contributed by atoms with Crippen molar-refractivity contribution in [3.8, 4) is 11.5 Å². The van der Waals surface area contributed by atoms with Crippen LogP contribution in [0.1, 0.15) is 33.3 Å². The van der Waals surface area contributed by atoms with Gasteiger partial charge < -0.3 is 14.2 Å². The number of amides is 1. The Kier molecular flexibility index (Phi) is 7.67. The standard InChI is InChI=1S/C19H23NO5S2/c1-5-23-14-9-8-13(10-15(14)24-6-2)11-16-17(21)20(19(26)27-16)12(4)18(22)25-7-3/h8-12H,5-7H2,1-4H3/b16-11-. The number of esters is 1. The Hall–Kier alpha value is -2.06. The van der Waals surface area contributed by atoms with E-state index in [-0.39, 0.29) is 12.5 Å². The molecule has 8 heteroatoms. The van der Waals surface area contributed by atoms with Gasteiger partial charge in [0.05, 0.1) is 24.7 Å². The molecular weight excluding hydrogens is 386 g/mol. The average molecular weight is 410 g/mol. The minimum absolute atomic E-state index is 0.250. The van der Waals surface area contributed by atoms with Crippen LogP contribution in [0.15, 0.2) is 23.1 Å². The van der Waals surface area contributed by atoms with Gasteiger partial charge in [-0.1, -0.05) is 30.0 Å². The zero-order chi connectivity index (χ0) is 20.0. The largest absolute Gasteiger partial charge is 0.490 e. The number of benzene rings is 1. The molecule has 0 N–H and O–H groups in total. The Balaban J connectivity index is 2.27. The highest BCUT2D eigenvalue weighted by molar-refractivity contribution is 8.26. The summed E-state index contributed by atoms with van der Waals surface area (Å²) in [5.74, 6) is 0.482. The summed E-state index contributed by atoms with van der Waals surface area (Å²) in [6.07, 6.45) is 1.73. The van der Waals surface area contributed by atoms with E-state index in [1.807, 2.05) is 32.0 Å².